The lowest BCUT2D eigenvalue weighted by atomic mass is 9.66. The van der Waals surface area contributed by atoms with Gasteiger partial charge in [0.2, 0.25) is 0 Å². The van der Waals surface area contributed by atoms with Gasteiger partial charge < -0.3 is 9.79 Å². The zero-order valence-corrected chi connectivity index (χ0v) is 13.3. The molecule has 1 saturated carbocycles. The van der Waals surface area contributed by atoms with Crippen molar-refractivity contribution in [3.05, 3.63) is 30.1 Å². The normalized spacial score (nSPS) is 28.1. The van der Waals surface area contributed by atoms with Crippen LogP contribution in [-0.4, -0.2) is 14.8 Å². The van der Waals surface area contributed by atoms with E-state index in [2.05, 4.69) is 25.8 Å². The Hall–Kier alpha value is -0.700. The SMILES string of the molecule is CC1CC(C(c2cccnc2)P(=O)(O)O)CC(C)(C)C1. The highest BCUT2D eigenvalue weighted by molar-refractivity contribution is 7.52. The molecule has 1 fully saturated rings. The summed E-state index contributed by atoms with van der Waals surface area (Å²) in [4.78, 5) is 23.7. The lowest BCUT2D eigenvalue weighted by Gasteiger charge is -2.42. The molecular formula is C15H24NO3P. The summed E-state index contributed by atoms with van der Waals surface area (Å²) in [5, 5.41) is 0. The Bertz CT molecular complexity index is 497. The molecule has 20 heavy (non-hydrogen) atoms. The van der Waals surface area contributed by atoms with Gasteiger partial charge in [-0.05, 0) is 48.1 Å². The first-order chi connectivity index (χ1) is 9.19. The smallest absolute Gasteiger partial charge is 0.324 e. The molecule has 1 heterocycles. The minimum absolute atomic E-state index is 0.0128. The Morgan fingerprint density at radius 1 is 1.40 bits per heavy atom. The molecule has 0 spiro atoms. The molecule has 0 amide bonds. The first-order valence-corrected chi connectivity index (χ1v) is 8.82. The third-order valence-electron chi connectivity index (χ3n) is 4.26. The zero-order chi connectivity index (χ0) is 15.0. The number of aromatic nitrogens is 1. The molecule has 1 aliphatic rings. The van der Waals surface area contributed by atoms with Crippen LogP contribution in [0.25, 0.3) is 0 Å². The van der Waals surface area contributed by atoms with Gasteiger partial charge in [-0.15, -0.1) is 0 Å². The minimum atomic E-state index is -4.19. The minimum Gasteiger partial charge on any atom is -0.324 e. The van der Waals surface area contributed by atoms with Gasteiger partial charge in [0.25, 0.3) is 0 Å². The molecule has 0 radical (unpaired) electrons. The van der Waals surface area contributed by atoms with E-state index in [1.165, 1.54) is 0 Å². The van der Waals surface area contributed by atoms with Gasteiger partial charge in [-0.1, -0.05) is 26.8 Å². The van der Waals surface area contributed by atoms with Crippen LogP contribution in [0.3, 0.4) is 0 Å². The Balaban J connectivity index is 2.35. The summed E-state index contributed by atoms with van der Waals surface area (Å²) in [6.07, 6.45) is 6.06. The van der Waals surface area contributed by atoms with Crippen LogP contribution in [0.4, 0.5) is 0 Å². The topological polar surface area (TPSA) is 70.4 Å². The van der Waals surface area contributed by atoms with E-state index in [4.69, 9.17) is 0 Å². The van der Waals surface area contributed by atoms with Crippen molar-refractivity contribution in [2.45, 2.75) is 45.7 Å². The van der Waals surface area contributed by atoms with Gasteiger partial charge >= 0.3 is 7.60 Å². The van der Waals surface area contributed by atoms with Crippen molar-refractivity contribution < 1.29 is 14.4 Å². The maximum atomic E-state index is 12.0. The summed E-state index contributed by atoms with van der Waals surface area (Å²) < 4.78 is 12.0. The fourth-order valence-electron chi connectivity index (χ4n) is 3.95. The predicted molar refractivity (Wildman–Crippen MR) is 79.3 cm³/mol. The quantitative estimate of drug-likeness (QED) is 0.833. The first-order valence-electron chi connectivity index (χ1n) is 7.14. The molecule has 112 valence electrons. The molecule has 0 saturated heterocycles. The largest absolute Gasteiger partial charge is 0.333 e. The monoisotopic (exact) mass is 297 g/mol. The summed E-state index contributed by atoms with van der Waals surface area (Å²) in [6, 6.07) is 3.53. The highest BCUT2D eigenvalue weighted by atomic mass is 31.2. The van der Waals surface area contributed by atoms with Gasteiger partial charge in [-0.2, -0.15) is 0 Å². The van der Waals surface area contributed by atoms with E-state index in [0.29, 0.717) is 11.5 Å². The number of pyridine rings is 1. The van der Waals surface area contributed by atoms with Crippen molar-refractivity contribution in [3.63, 3.8) is 0 Å². The summed E-state index contributed by atoms with van der Waals surface area (Å²) in [6.45, 7) is 6.55. The predicted octanol–water partition coefficient (Wildman–Crippen LogP) is 3.76. The van der Waals surface area contributed by atoms with Crippen LogP contribution in [0.15, 0.2) is 24.5 Å². The van der Waals surface area contributed by atoms with Gasteiger partial charge in [0.05, 0.1) is 5.66 Å². The molecule has 2 rings (SSSR count). The second-order valence-electron chi connectivity index (χ2n) is 6.99. The van der Waals surface area contributed by atoms with Gasteiger partial charge in [-0.25, -0.2) is 0 Å². The summed E-state index contributed by atoms with van der Waals surface area (Å²) in [7, 11) is -4.19. The number of hydrogen-bond acceptors (Lipinski definition) is 2. The van der Waals surface area contributed by atoms with Gasteiger partial charge in [0.15, 0.2) is 0 Å². The first kappa shape index (κ1) is 15.7. The Morgan fingerprint density at radius 3 is 2.60 bits per heavy atom. The maximum Gasteiger partial charge on any atom is 0.333 e. The molecule has 3 unspecified atom stereocenters. The summed E-state index contributed by atoms with van der Waals surface area (Å²) in [5.74, 6) is 0.508. The molecule has 5 heteroatoms. The van der Waals surface area contributed by atoms with Crippen molar-refractivity contribution in [2.24, 2.45) is 17.3 Å². The highest BCUT2D eigenvalue weighted by Crippen LogP contribution is 2.60. The third kappa shape index (κ3) is 3.69. The van der Waals surface area contributed by atoms with E-state index >= 15 is 0 Å². The van der Waals surface area contributed by atoms with Crippen molar-refractivity contribution in [1.29, 1.82) is 0 Å². The third-order valence-corrected chi connectivity index (χ3v) is 5.70. The van der Waals surface area contributed by atoms with E-state index < -0.39 is 13.3 Å². The molecule has 0 bridgehead atoms. The fraction of sp³-hybridized carbons (Fsp3) is 0.667. The molecule has 0 aromatic carbocycles. The van der Waals surface area contributed by atoms with Crippen LogP contribution < -0.4 is 0 Å². The lowest BCUT2D eigenvalue weighted by molar-refractivity contribution is 0.124. The summed E-state index contributed by atoms with van der Waals surface area (Å²) in [5.41, 5.74) is 0.0757. The van der Waals surface area contributed by atoms with Crippen molar-refractivity contribution in [1.82, 2.24) is 4.98 Å². The standard InChI is InChI=1S/C15H24NO3P/c1-11-7-13(9-15(2,3)8-11)14(20(17,18)19)12-5-4-6-16-10-12/h4-6,10-11,13-14H,7-9H2,1-3H3,(H2,17,18,19). The van der Waals surface area contributed by atoms with Crippen LogP contribution >= 0.6 is 7.60 Å². The van der Waals surface area contributed by atoms with E-state index in [1.807, 2.05) is 0 Å². The molecule has 1 aromatic rings. The number of nitrogens with zero attached hydrogens (tertiary/aromatic N) is 1. The second kappa shape index (κ2) is 5.59. The number of rotatable bonds is 3. The van der Waals surface area contributed by atoms with Gasteiger partial charge in [-0.3, -0.25) is 9.55 Å². The van der Waals surface area contributed by atoms with Crippen LogP contribution in [0.5, 0.6) is 0 Å². The molecule has 4 nitrogen and oxygen atoms in total. The van der Waals surface area contributed by atoms with Gasteiger partial charge in [0, 0.05) is 12.4 Å². The molecule has 2 N–H and O–H groups in total. The van der Waals surface area contributed by atoms with Crippen molar-refractivity contribution in [3.8, 4) is 0 Å². The maximum absolute atomic E-state index is 12.0. The molecular weight excluding hydrogens is 273 g/mol. The van der Waals surface area contributed by atoms with E-state index in [-0.39, 0.29) is 11.3 Å². The van der Waals surface area contributed by atoms with Crippen LogP contribution in [0, 0.1) is 17.3 Å². The van der Waals surface area contributed by atoms with E-state index in [1.54, 1.807) is 24.5 Å². The Labute approximate surface area is 120 Å². The Kier molecular flexibility index (Phi) is 4.38. The van der Waals surface area contributed by atoms with Crippen LogP contribution in [0.2, 0.25) is 0 Å². The van der Waals surface area contributed by atoms with Crippen molar-refractivity contribution in [2.75, 3.05) is 0 Å². The number of hydrogen-bond donors (Lipinski definition) is 2. The van der Waals surface area contributed by atoms with E-state index in [0.717, 1.165) is 19.3 Å². The molecule has 1 aromatic heterocycles. The van der Waals surface area contributed by atoms with Crippen molar-refractivity contribution >= 4 is 7.60 Å². The average Bonchev–Trinajstić information content (AvgIpc) is 2.25. The van der Waals surface area contributed by atoms with Crippen LogP contribution in [-0.2, 0) is 4.57 Å². The average molecular weight is 297 g/mol. The van der Waals surface area contributed by atoms with Gasteiger partial charge in [0.1, 0.15) is 0 Å². The van der Waals surface area contributed by atoms with Crippen LogP contribution in [0.1, 0.15) is 51.3 Å². The Morgan fingerprint density at radius 2 is 2.10 bits per heavy atom. The van der Waals surface area contributed by atoms with E-state index in [9.17, 15) is 14.4 Å². The fourth-order valence-corrected chi connectivity index (χ4v) is 5.27. The molecule has 1 aliphatic carbocycles. The molecule has 0 aliphatic heterocycles. The second-order valence-corrected chi connectivity index (χ2v) is 8.73. The zero-order valence-electron chi connectivity index (χ0n) is 12.4. The summed E-state index contributed by atoms with van der Waals surface area (Å²) >= 11 is 0. The highest BCUT2D eigenvalue weighted by Gasteiger charge is 2.43. The molecule has 3 atom stereocenters. The lowest BCUT2D eigenvalue weighted by Crippen LogP contribution is -2.31.